The van der Waals surface area contributed by atoms with Crippen molar-refractivity contribution in [3.05, 3.63) is 0 Å². The maximum Gasteiger partial charge on any atom is 0.0575 e. The number of rotatable bonds is 8. The van der Waals surface area contributed by atoms with Crippen LogP contribution in [0.2, 0.25) is 0 Å². The van der Waals surface area contributed by atoms with Gasteiger partial charge in [-0.15, -0.1) is 0 Å². The Kier molecular flexibility index (Phi) is 8.24. The summed E-state index contributed by atoms with van der Waals surface area (Å²) < 4.78 is 5.75. The average molecular weight is 310 g/mol. The van der Waals surface area contributed by atoms with E-state index in [1.807, 2.05) is 0 Å². The molecular weight excluding hydrogens is 270 g/mol. The van der Waals surface area contributed by atoms with E-state index in [9.17, 15) is 0 Å². The molecule has 1 saturated carbocycles. The Hall–Kier alpha value is -0.0800. The van der Waals surface area contributed by atoms with Crippen LogP contribution >= 0.6 is 0 Å². The Morgan fingerprint density at radius 2 is 1.64 bits per heavy atom. The van der Waals surface area contributed by atoms with Gasteiger partial charge in [0.25, 0.3) is 0 Å². The lowest BCUT2D eigenvalue weighted by molar-refractivity contribution is 0.0244. The molecule has 2 nitrogen and oxygen atoms in total. The van der Waals surface area contributed by atoms with Crippen LogP contribution in [0.15, 0.2) is 0 Å². The zero-order valence-electron chi connectivity index (χ0n) is 15.4. The molecule has 0 aromatic heterocycles. The highest BCUT2D eigenvalue weighted by Crippen LogP contribution is 2.30. The summed E-state index contributed by atoms with van der Waals surface area (Å²) in [7, 11) is 0. The fourth-order valence-electron chi connectivity index (χ4n) is 4.43. The predicted molar refractivity (Wildman–Crippen MR) is 95.2 cm³/mol. The minimum absolute atomic E-state index is 0.573. The molecule has 0 aromatic carbocycles. The van der Waals surface area contributed by atoms with Crippen LogP contribution in [0.1, 0.15) is 78.6 Å². The first-order valence-electron chi connectivity index (χ1n) is 10.0. The Balaban J connectivity index is 1.48. The number of unbranched alkanes of at least 4 members (excludes halogenated alkanes) is 1. The molecule has 0 bridgehead atoms. The fourth-order valence-corrected chi connectivity index (χ4v) is 4.43. The molecule has 2 rings (SSSR count). The van der Waals surface area contributed by atoms with Crippen LogP contribution in [-0.4, -0.2) is 37.2 Å². The van der Waals surface area contributed by atoms with Gasteiger partial charge in [0.1, 0.15) is 0 Å². The van der Waals surface area contributed by atoms with E-state index >= 15 is 0 Å². The van der Waals surface area contributed by atoms with Crippen LogP contribution in [0, 0.1) is 17.8 Å². The van der Waals surface area contributed by atoms with Gasteiger partial charge in [-0.3, -0.25) is 0 Å². The van der Waals surface area contributed by atoms with Crippen molar-refractivity contribution >= 4 is 0 Å². The summed E-state index contributed by atoms with van der Waals surface area (Å²) in [6.07, 6.45) is 13.2. The first-order valence-corrected chi connectivity index (χ1v) is 10.0. The highest BCUT2D eigenvalue weighted by atomic mass is 16.5. The van der Waals surface area contributed by atoms with Crippen LogP contribution in [0.25, 0.3) is 0 Å². The molecule has 0 unspecified atom stereocenters. The van der Waals surface area contributed by atoms with Gasteiger partial charge in [0, 0.05) is 6.61 Å². The summed E-state index contributed by atoms with van der Waals surface area (Å²) in [6.45, 7) is 11.8. The van der Waals surface area contributed by atoms with Gasteiger partial charge in [0.05, 0.1) is 6.10 Å². The summed E-state index contributed by atoms with van der Waals surface area (Å²) in [4.78, 5) is 2.71. The third-order valence-corrected chi connectivity index (χ3v) is 6.11. The lowest BCUT2D eigenvalue weighted by Gasteiger charge is -2.34. The quantitative estimate of drug-likeness (QED) is 0.577. The summed E-state index contributed by atoms with van der Waals surface area (Å²) in [6, 6.07) is 0. The van der Waals surface area contributed by atoms with E-state index in [-0.39, 0.29) is 0 Å². The maximum absolute atomic E-state index is 5.75. The number of hydrogen-bond acceptors (Lipinski definition) is 2. The molecule has 1 aliphatic heterocycles. The van der Waals surface area contributed by atoms with Gasteiger partial charge in [-0.05, 0) is 89.3 Å². The lowest BCUT2D eigenvalue weighted by Crippen LogP contribution is -2.35. The average Bonchev–Trinajstić information content (AvgIpc) is 2.54. The molecule has 1 saturated heterocycles. The van der Waals surface area contributed by atoms with Crippen molar-refractivity contribution < 1.29 is 4.74 Å². The van der Waals surface area contributed by atoms with Gasteiger partial charge in [-0.25, -0.2) is 0 Å². The van der Waals surface area contributed by atoms with Gasteiger partial charge in [0.2, 0.25) is 0 Å². The number of piperidine rings is 1. The smallest absolute Gasteiger partial charge is 0.0575 e. The zero-order chi connectivity index (χ0) is 15.8. The Labute approximate surface area is 139 Å². The highest BCUT2D eigenvalue weighted by molar-refractivity contribution is 4.75. The van der Waals surface area contributed by atoms with E-state index in [1.165, 1.54) is 77.4 Å². The number of likely N-dealkylation sites (tertiary alicyclic amines) is 1. The summed E-state index contributed by atoms with van der Waals surface area (Å²) in [5.74, 6) is 2.86. The Morgan fingerprint density at radius 3 is 2.23 bits per heavy atom. The molecule has 1 heterocycles. The molecule has 2 heteroatoms. The normalized spacial score (nSPS) is 28.4. The fraction of sp³-hybridized carbons (Fsp3) is 1.00. The van der Waals surface area contributed by atoms with Crippen molar-refractivity contribution in [2.75, 3.05) is 26.2 Å². The Bertz CT molecular complexity index is 275. The molecule has 22 heavy (non-hydrogen) atoms. The SMILES string of the molecule is CCO[C@H]1CC[C@H](CCCCN2CCC(C(C)C)CC2)CC1. The second-order valence-corrected chi connectivity index (χ2v) is 8.02. The van der Waals surface area contributed by atoms with Crippen LogP contribution < -0.4 is 0 Å². The predicted octanol–water partition coefficient (Wildman–Crippen LogP) is 5.12. The van der Waals surface area contributed by atoms with Crippen LogP contribution in [0.4, 0.5) is 0 Å². The van der Waals surface area contributed by atoms with Gasteiger partial charge in [-0.1, -0.05) is 26.7 Å². The Morgan fingerprint density at radius 1 is 0.955 bits per heavy atom. The first kappa shape index (κ1) is 18.3. The van der Waals surface area contributed by atoms with E-state index in [4.69, 9.17) is 4.74 Å². The van der Waals surface area contributed by atoms with Gasteiger partial charge < -0.3 is 9.64 Å². The molecule has 0 amide bonds. The monoisotopic (exact) mass is 309 g/mol. The van der Waals surface area contributed by atoms with Gasteiger partial charge in [0.15, 0.2) is 0 Å². The molecule has 0 aromatic rings. The zero-order valence-corrected chi connectivity index (χ0v) is 15.4. The first-order chi connectivity index (χ1) is 10.7. The third-order valence-electron chi connectivity index (χ3n) is 6.11. The van der Waals surface area contributed by atoms with E-state index in [0.717, 1.165) is 24.4 Å². The topological polar surface area (TPSA) is 12.5 Å². The second kappa shape index (κ2) is 9.93. The number of ether oxygens (including phenoxy) is 1. The van der Waals surface area contributed by atoms with Crippen molar-refractivity contribution in [1.82, 2.24) is 4.90 Å². The van der Waals surface area contributed by atoms with Crippen LogP contribution in [-0.2, 0) is 4.74 Å². The number of hydrogen-bond donors (Lipinski definition) is 0. The van der Waals surface area contributed by atoms with Gasteiger partial charge >= 0.3 is 0 Å². The van der Waals surface area contributed by atoms with Crippen LogP contribution in [0.3, 0.4) is 0 Å². The molecule has 0 N–H and O–H groups in total. The highest BCUT2D eigenvalue weighted by Gasteiger charge is 2.22. The van der Waals surface area contributed by atoms with Gasteiger partial charge in [-0.2, -0.15) is 0 Å². The number of nitrogens with zero attached hydrogens (tertiary/aromatic N) is 1. The summed E-state index contributed by atoms with van der Waals surface area (Å²) >= 11 is 0. The molecule has 2 fully saturated rings. The van der Waals surface area contributed by atoms with E-state index in [2.05, 4.69) is 25.7 Å². The van der Waals surface area contributed by atoms with Crippen molar-refractivity contribution in [3.63, 3.8) is 0 Å². The van der Waals surface area contributed by atoms with Crippen molar-refractivity contribution in [1.29, 1.82) is 0 Å². The molecule has 0 radical (unpaired) electrons. The van der Waals surface area contributed by atoms with Crippen molar-refractivity contribution in [2.24, 2.45) is 17.8 Å². The summed E-state index contributed by atoms with van der Waals surface area (Å²) in [5.41, 5.74) is 0. The molecule has 0 atom stereocenters. The molecule has 0 spiro atoms. The third kappa shape index (κ3) is 6.20. The molecule has 130 valence electrons. The van der Waals surface area contributed by atoms with E-state index < -0.39 is 0 Å². The summed E-state index contributed by atoms with van der Waals surface area (Å²) in [5, 5.41) is 0. The molecular formula is C20H39NO. The molecule has 1 aliphatic carbocycles. The lowest BCUT2D eigenvalue weighted by atomic mass is 9.84. The largest absolute Gasteiger partial charge is 0.379 e. The van der Waals surface area contributed by atoms with Crippen LogP contribution in [0.5, 0.6) is 0 Å². The minimum Gasteiger partial charge on any atom is -0.379 e. The van der Waals surface area contributed by atoms with Crippen molar-refractivity contribution in [3.8, 4) is 0 Å². The van der Waals surface area contributed by atoms with E-state index in [1.54, 1.807) is 0 Å². The van der Waals surface area contributed by atoms with Crippen molar-refractivity contribution in [2.45, 2.75) is 84.7 Å². The molecule has 2 aliphatic rings. The second-order valence-electron chi connectivity index (χ2n) is 8.02. The minimum atomic E-state index is 0.573. The standard InChI is InChI=1S/C20H39NO/c1-4-22-20-10-8-18(9-11-20)7-5-6-14-21-15-12-19(13-16-21)17(2)3/h17-20H,4-16H2,1-3H3/t18-,20-. The van der Waals surface area contributed by atoms with E-state index in [0.29, 0.717) is 6.10 Å². The maximum atomic E-state index is 5.75.